The fourth-order valence-corrected chi connectivity index (χ4v) is 1.08. The molecule has 0 aliphatic heterocycles. The minimum atomic E-state index is 0.716. The molecule has 0 aliphatic rings. The molecule has 1 rings (SSSR count). The van der Waals surface area contributed by atoms with E-state index in [1.165, 1.54) is 6.08 Å². The third kappa shape index (κ3) is 2.51. The second-order valence-electron chi connectivity index (χ2n) is 2.54. The van der Waals surface area contributed by atoms with Crippen molar-refractivity contribution < 1.29 is 0 Å². The minimum Gasteiger partial charge on any atom is -0.193 e. The highest BCUT2D eigenvalue weighted by molar-refractivity contribution is 5.40. The van der Waals surface area contributed by atoms with Crippen molar-refractivity contribution in [1.29, 1.82) is 5.26 Å². The van der Waals surface area contributed by atoms with Gasteiger partial charge in [-0.05, 0) is 18.1 Å². The van der Waals surface area contributed by atoms with Gasteiger partial charge in [0.25, 0.3) is 0 Å². The van der Waals surface area contributed by atoms with Gasteiger partial charge in [-0.25, -0.2) is 0 Å². The van der Waals surface area contributed by atoms with E-state index in [0.29, 0.717) is 6.42 Å². The Morgan fingerprint density at radius 2 is 2.15 bits per heavy atom. The van der Waals surface area contributed by atoms with Crippen LogP contribution in [0, 0.1) is 23.7 Å². The lowest BCUT2D eigenvalue weighted by Crippen LogP contribution is -1.86. The Morgan fingerprint density at radius 3 is 2.85 bits per heavy atom. The largest absolute Gasteiger partial charge is 0.193 e. The van der Waals surface area contributed by atoms with Crippen LogP contribution in [0.4, 0.5) is 0 Å². The highest BCUT2D eigenvalue weighted by Crippen LogP contribution is 2.08. The van der Waals surface area contributed by atoms with Crippen molar-refractivity contribution in [2.75, 3.05) is 0 Å². The van der Waals surface area contributed by atoms with Crippen LogP contribution in [0.25, 0.3) is 0 Å². The Hall–Kier alpha value is -1.99. The molecule has 0 atom stereocenters. The van der Waals surface area contributed by atoms with Crippen molar-refractivity contribution in [3.8, 4) is 18.4 Å². The summed E-state index contributed by atoms with van der Waals surface area (Å²) in [6, 6.07) is 9.66. The standard InChI is InChI=1S/C12H9N/c1-2-11-7-3-4-8-12(11)9-5-6-10-13/h1,3-8H,9H2/b6-5+. The summed E-state index contributed by atoms with van der Waals surface area (Å²) in [6.45, 7) is 0. The predicted octanol–water partition coefficient (Wildman–Crippen LogP) is 2.29. The number of hydrogen-bond donors (Lipinski definition) is 0. The summed E-state index contributed by atoms with van der Waals surface area (Å²) < 4.78 is 0. The summed E-state index contributed by atoms with van der Waals surface area (Å²) in [5.74, 6) is 2.61. The van der Waals surface area contributed by atoms with E-state index < -0.39 is 0 Å². The number of benzene rings is 1. The molecule has 0 aromatic heterocycles. The summed E-state index contributed by atoms with van der Waals surface area (Å²) in [4.78, 5) is 0. The monoisotopic (exact) mass is 167 g/mol. The first-order valence-electron chi connectivity index (χ1n) is 3.97. The third-order valence-corrected chi connectivity index (χ3v) is 1.70. The molecule has 0 bridgehead atoms. The average Bonchev–Trinajstić information content (AvgIpc) is 2.19. The molecule has 0 amide bonds. The fraction of sp³-hybridized carbons (Fsp3) is 0.0833. The lowest BCUT2D eigenvalue weighted by Gasteiger charge is -1.98. The zero-order chi connectivity index (χ0) is 9.52. The Morgan fingerprint density at radius 1 is 1.38 bits per heavy atom. The number of rotatable bonds is 2. The van der Waals surface area contributed by atoms with Crippen molar-refractivity contribution in [3.63, 3.8) is 0 Å². The lowest BCUT2D eigenvalue weighted by molar-refractivity contribution is 1.25. The van der Waals surface area contributed by atoms with Crippen molar-refractivity contribution in [2.24, 2.45) is 0 Å². The van der Waals surface area contributed by atoms with E-state index in [9.17, 15) is 0 Å². The maximum absolute atomic E-state index is 8.29. The van der Waals surface area contributed by atoms with E-state index in [0.717, 1.165) is 11.1 Å². The maximum atomic E-state index is 8.29. The van der Waals surface area contributed by atoms with E-state index in [-0.39, 0.29) is 0 Å². The molecule has 1 heteroatoms. The molecule has 13 heavy (non-hydrogen) atoms. The van der Waals surface area contributed by atoms with Crippen molar-refractivity contribution >= 4 is 0 Å². The van der Waals surface area contributed by atoms with Gasteiger partial charge in [-0.3, -0.25) is 0 Å². The summed E-state index contributed by atoms with van der Waals surface area (Å²) in [5, 5.41) is 8.29. The molecular formula is C12H9N. The second-order valence-corrected chi connectivity index (χ2v) is 2.54. The molecular weight excluding hydrogens is 158 g/mol. The number of nitrogens with zero attached hydrogens (tertiary/aromatic N) is 1. The first-order valence-corrected chi connectivity index (χ1v) is 3.97. The highest BCUT2D eigenvalue weighted by Gasteiger charge is 1.94. The average molecular weight is 167 g/mol. The van der Waals surface area contributed by atoms with Crippen LogP contribution in [-0.2, 0) is 6.42 Å². The van der Waals surface area contributed by atoms with Crippen LogP contribution in [0.1, 0.15) is 11.1 Å². The first-order chi connectivity index (χ1) is 6.38. The number of terminal acetylenes is 1. The normalized spacial score (nSPS) is 9.38. The second kappa shape index (κ2) is 4.80. The van der Waals surface area contributed by atoms with Gasteiger partial charge < -0.3 is 0 Å². The molecule has 0 aliphatic carbocycles. The molecule has 0 saturated heterocycles. The SMILES string of the molecule is C#Cc1ccccc1C/C=C/C#N. The van der Waals surface area contributed by atoms with E-state index in [1.54, 1.807) is 6.08 Å². The van der Waals surface area contributed by atoms with Crippen LogP contribution >= 0.6 is 0 Å². The molecule has 0 saturated carbocycles. The van der Waals surface area contributed by atoms with Gasteiger partial charge in [0.2, 0.25) is 0 Å². The highest BCUT2D eigenvalue weighted by atomic mass is 14.2. The van der Waals surface area contributed by atoms with E-state index in [1.807, 2.05) is 30.3 Å². The van der Waals surface area contributed by atoms with E-state index >= 15 is 0 Å². The number of allylic oxidation sites excluding steroid dienone is 2. The summed E-state index contributed by atoms with van der Waals surface area (Å²) in [6.07, 6.45) is 9.30. The smallest absolute Gasteiger partial charge is 0.0908 e. The molecule has 1 nitrogen and oxygen atoms in total. The van der Waals surface area contributed by atoms with Crippen LogP contribution in [0.3, 0.4) is 0 Å². The van der Waals surface area contributed by atoms with Crippen LogP contribution in [-0.4, -0.2) is 0 Å². The Balaban J connectivity index is 2.84. The lowest BCUT2D eigenvalue weighted by atomic mass is 10.1. The third-order valence-electron chi connectivity index (χ3n) is 1.70. The molecule has 0 spiro atoms. The molecule has 1 aromatic rings. The van der Waals surface area contributed by atoms with Crippen molar-refractivity contribution in [1.82, 2.24) is 0 Å². The van der Waals surface area contributed by atoms with E-state index in [4.69, 9.17) is 11.7 Å². The maximum Gasteiger partial charge on any atom is 0.0908 e. The van der Waals surface area contributed by atoms with Gasteiger partial charge in [-0.2, -0.15) is 5.26 Å². The van der Waals surface area contributed by atoms with Gasteiger partial charge in [0.15, 0.2) is 0 Å². The minimum absolute atomic E-state index is 0.716. The zero-order valence-electron chi connectivity index (χ0n) is 7.20. The van der Waals surface area contributed by atoms with Crippen LogP contribution in [0.2, 0.25) is 0 Å². The fourth-order valence-electron chi connectivity index (χ4n) is 1.08. The Bertz CT molecular complexity index is 388. The van der Waals surface area contributed by atoms with Crippen molar-refractivity contribution in [2.45, 2.75) is 6.42 Å². The van der Waals surface area contributed by atoms with Crippen LogP contribution in [0.15, 0.2) is 36.4 Å². The van der Waals surface area contributed by atoms with Gasteiger partial charge in [0.1, 0.15) is 0 Å². The topological polar surface area (TPSA) is 23.8 Å². The molecule has 0 unspecified atom stereocenters. The predicted molar refractivity (Wildman–Crippen MR) is 52.8 cm³/mol. The van der Waals surface area contributed by atoms with Gasteiger partial charge in [0.05, 0.1) is 6.07 Å². The van der Waals surface area contributed by atoms with Gasteiger partial charge >= 0.3 is 0 Å². The number of nitriles is 1. The Kier molecular flexibility index (Phi) is 3.36. The van der Waals surface area contributed by atoms with Gasteiger partial charge in [0, 0.05) is 11.6 Å². The molecule has 0 fully saturated rings. The van der Waals surface area contributed by atoms with E-state index in [2.05, 4.69) is 5.92 Å². The molecule has 0 radical (unpaired) electrons. The first kappa shape index (κ1) is 9.10. The van der Waals surface area contributed by atoms with Crippen LogP contribution < -0.4 is 0 Å². The summed E-state index contributed by atoms with van der Waals surface area (Å²) in [7, 11) is 0. The summed E-state index contributed by atoms with van der Waals surface area (Å²) in [5.41, 5.74) is 1.97. The van der Waals surface area contributed by atoms with Gasteiger partial charge in [-0.15, -0.1) is 6.42 Å². The molecule has 0 heterocycles. The zero-order valence-corrected chi connectivity index (χ0v) is 7.20. The van der Waals surface area contributed by atoms with Crippen LogP contribution in [0.5, 0.6) is 0 Å². The molecule has 0 N–H and O–H groups in total. The molecule has 62 valence electrons. The summed E-state index contributed by atoms with van der Waals surface area (Å²) >= 11 is 0. The Labute approximate surface area is 78.3 Å². The molecule has 1 aromatic carbocycles. The quantitative estimate of drug-likeness (QED) is 0.489. The number of hydrogen-bond acceptors (Lipinski definition) is 1. The van der Waals surface area contributed by atoms with Crippen molar-refractivity contribution in [3.05, 3.63) is 47.5 Å². The van der Waals surface area contributed by atoms with Gasteiger partial charge in [-0.1, -0.05) is 30.2 Å².